The highest BCUT2D eigenvalue weighted by Gasteiger charge is 2.51. The smallest absolute Gasteiger partial charge is 0.203 e. The third-order valence-electron chi connectivity index (χ3n) is 8.50. The van der Waals surface area contributed by atoms with Crippen LogP contribution in [0, 0.1) is 93.1 Å². The molecule has 0 unspecified atom stereocenters. The van der Waals surface area contributed by atoms with E-state index in [1.807, 2.05) is 0 Å². The Morgan fingerprint density at radius 3 is 0.508 bits per heavy atom. The van der Waals surface area contributed by atoms with Gasteiger partial charge < -0.3 is 0 Å². The number of halogens is 28. The summed E-state index contributed by atoms with van der Waals surface area (Å²) in [5.74, 6) is -60.0. The van der Waals surface area contributed by atoms with Crippen molar-refractivity contribution in [2.24, 2.45) is 0 Å². The summed E-state index contributed by atoms with van der Waals surface area (Å²) in [6.07, 6.45) is -29.3. The van der Waals surface area contributed by atoms with Gasteiger partial charge in [-0.1, -0.05) is 0 Å². The topological polar surface area (TPSA) is 0 Å². The monoisotopic (exact) mass is 930 g/mol. The van der Waals surface area contributed by atoms with E-state index in [2.05, 4.69) is 0 Å². The van der Waals surface area contributed by atoms with Crippen molar-refractivity contribution in [2.75, 3.05) is 0 Å². The summed E-state index contributed by atoms with van der Waals surface area (Å²) in [5, 5.41) is 0. The highest BCUT2D eigenvalue weighted by molar-refractivity contribution is 6.27. The molecule has 5 rings (SSSR count). The van der Waals surface area contributed by atoms with Gasteiger partial charge >= 0.3 is 24.7 Å². The molecule has 0 nitrogen and oxygen atoms in total. The molecule has 0 heterocycles. The molecule has 0 atom stereocenters. The van der Waals surface area contributed by atoms with Gasteiger partial charge in [0.05, 0.1) is 22.3 Å². The Hall–Kier alpha value is -5.60. The van der Waals surface area contributed by atoms with Gasteiger partial charge in [-0.2, -0.15) is 52.7 Å². The second-order valence-corrected chi connectivity index (χ2v) is 11.9. The van der Waals surface area contributed by atoms with Crippen LogP contribution in [-0.4, -0.2) is 0 Å². The van der Waals surface area contributed by atoms with Crippen molar-refractivity contribution in [1.29, 1.82) is 0 Å². The van der Waals surface area contributed by atoms with Crippen LogP contribution in [0.3, 0.4) is 0 Å². The molecule has 0 fully saturated rings. The van der Waals surface area contributed by atoms with E-state index in [4.69, 9.17) is 0 Å². The van der Waals surface area contributed by atoms with Crippen molar-refractivity contribution < 1.29 is 123 Å². The zero-order chi connectivity index (χ0) is 46.9. The molecule has 1 aliphatic rings. The number of benzene rings is 4. The fraction of sp³-hybridized carbons (Fsp3) is 0.152. The Morgan fingerprint density at radius 2 is 0.361 bits per heavy atom. The molecule has 4 aromatic carbocycles. The number of alkyl halides is 12. The van der Waals surface area contributed by atoms with Gasteiger partial charge in [0.2, 0.25) is 0 Å². The van der Waals surface area contributed by atoms with E-state index in [-0.39, 0.29) is 0 Å². The van der Waals surface area contributed by atoms with Crippen LogP contribution in [0.1, 0.15) is 50.9 Å². The molecule has 0 amide bonds. The second-order valence-electron chi connectivity index (χ2n) is 11.9. The predicted molar refractivity (Wildman–Crippen MR) is 143 cm³/mol. The van der Waals surface area contributed by atoms with Crippen LogP contribution in [0.2, 0.25) is 0 Å². The van der Waals surface area contributed by atoms with E-state index in [9.17, 15) is 70.2 Å². The molecule has 330 valence electrons. The van der Waals surface area contributed by atoms with Crippen molar-refractivity contribution in [3.63, 3.8) is 0 Å². The normalized spacial score (nSPS) is 14.4. The minimum absolute atomic E-state index is 2.79. The zero-order valence-corrected chi connectivity index (χ0v) is 27.3. The molecule has 0 saturated carbocycles. The first kappa shape index (κ1) is 46.5. The Balaban J connectivity index is 2.23. The van der Waals surface area contributed by atoms with Crippen LogP contribution >= 0.6 is 0 Å². The summed E-state index contributed by atoms with van der Waals surface area (Å²) >= 11 is 0. The van der Waals surface area contributed by atoms with Gasteiger partial charge in [-0.25, -0.2) is 70.2 Å². The predicted octanol–water partition coefficient (Wildman–Crippen LogP) is 13.9. The van der Waals surface area contributed by atoms with E-state index in [0.29, 0.717) is 0 Å². The van der Waals surface area contributed by atoms with Gasteiger partial charge in [-0.15, -0.1) is 0 Å². The van der Waals surface area contributed by atoms with Crippen LogP contribution in [0.4, 0.5) is 123 Å². The maximum atomic E-state index is 15.7. The fourth-order valence-electron chi connectivity index (χ4n) is 6.13. The second kappa shape index (κ2) is 14.5. The third-order valence-corrected chi connectivity index (χ3v) is 8.50. The van der Waals surface area contributed by atoms with E-state index >= 15 is 52.7 Å². The molecule has 0 aromatic heterocycles. The first-order valence-corrected chi connectivity index (χ1v) is 14.7. The van der Waals surface area contributed by atoms with Crippen molar-refractivity contribution in [3.8, 4) is 0 Å². The molecule has 1 aliphatic carbocycles. The number of allylic oxidation sites excluding steroid dienone is 4. The van der Waals surface area contributed by atoms with Gasteiger partial charge in [0.1, 0.15) is 22.3 Å². The summed E-state index contributed by atoms with van der Waals surface area (Å²) in [4.78, 5) is 0. The molecular weight excluding hydrogens is 928 g/mol. The maximum absolute atomic E-state index is 15.7. The van der Waals surface area contributed by atoms with Gasteiger partial charge in [-0.3, -0.25) is 0 Å². The lowest BCUT2D eigenvalue weighted by atomic mass is 9.86. The fourth-order valence-corrected chi connectivity index (χ4v) is 6.13. The molecule has 61 heavy (non-hydrogen) atoms. The van der Waals surface area contributed by atoms with Gasteiger partial charge in [0.25, 0.3) is 0 Å². The molecular formula is C33H2F28. The summed E-state index contributed by atoms with van der Waals surface area (Å²) in [6.45, 7) is 0. The van der Waals surface area contributed by atoms with Crippen molar-refractivity contribution >= 4 is 22.3 Å². The molecule has 0 saturated heterocycles. The Morgan fingerprint density at radius 1 is 0.213 bits per heavy atom. The van der Waals surface area contributed by atoms with Crippen molar-refractivity contribution in [1.82, 2.24) is 0 Å². The lowest BCUT2D eigenvalue weighted by Crippen LogP contribution is -2.19. The minimum Gasteiger partial charge on any atom is -0.203 e. The average molecular weight is 930 g/mol. The quantitative estimate of drug-likeness (QED) is 0.141. The van der Waals surface area contributed by atoms with Crippen molar-refractivity contribution in [2.45, 2.75) is 31.1 Å². The lowest BCUT2D eigenvalue weighted by molar-refractivity contribution is -0.144. The van der Waals surface area contributed by atoms with Gasteiger partial charge in [-0.05, 0) is 11.1 Å². The van der Waals surface area contributed by atoms with E-state index < -0.39 is 191 Å². The maximum Gasteiger partial charge on any atom is 0.422 e. The molecule has 0 N–H and O–H groups in total. The number of hydrogen-bond donors (Lipinski definition) is 0. The first-order valence-electron chi connectivity index (χ1n) is 14.7. The highest BCUT2D eigenvalue weighted by Crippen LogP contribution is 2.58. The lowest BCUT2D eigenvalue weighted by Gasteiger charge is -2.21. The highest BCUT2D eigenvalue weighted by atomic mass is 19.4. The number of rotatable bonds is 4. The minimum atomic E-state index is -6.62. The summed E-state index contributed by atoms with van der Waals surface area (Å²) in [6, 6.07) is 0. The van der Waals surface area contributed by atoms with Crippen LogP contribution in [0.5, 0.6) is 0 Å². The standard InChI is InChI=1S/C33H2F28/c34-14-6(15(35)23(43)10(22(14)42)30(50,51)52)2-1-3(7-16(36)24(44)11(31(53,54)55)25(45)17(7)37)5(9-20(40)28(48)13(33(59,60)61)29(49)21(9)41)4(2)8-18(38)26(46)12(32(56,57)58)27(47)19(8)39/h1H2. The van der Waals surface area contributed by atoms with Crippen LogP contribution in [0.15, 0.2) is 0 Å². The molecule has 28 heteroatoms. The Bertz CT molecular complexity index is 2350. The van der Waals surface area contributed by atoms with Gasteiger partial charge in [0, 0.05) is 17.6 Å². The zero-order valence-electron chi connectivity index (χ0n) is 27.3. The molecule has 4 aromatic rings. The Kier molecular flexibility index (Phi) is 11.1. The van der Waals surface area contributed by atoms with Gasteiger partial charge in [0.15, 0.2) is 93.1 Å². The van der Waals surface area contributed by atoms with Crippen LogP contribution in [-0.2, 0) is 24.7 Å². The molecule has 0 aliphatic heterocycles. The summed E-state index contributed by atoms with van der Waals surface area (Å²) < 4.78 is 406. The van der Waals surface area contributed by atoms with E-state index in [1.54, 1.807) is 0 Å². The van der Waals surface area contributed by atoms with Crippen LogP contribution in [0.25, 0.3) is 22.3 Å². The van der Waals surface area contributed by atoms with Crippen molar-refractivity contribution in [3.05, 3.63) is 138 Å². The number of hydrogen-bond acceptors (Lipinski definition) is 0. The van der Waals surface area contributed by atoms with E-state index in [0.717, 1.165) is 0 Å². The third kappa shape index (κ3) is 6.97. The summed E-state index contributed by atoms with van der Waals surface area (Å²) in [7, 11) is 0. The largest absolute Gasteiger partial charge is 0.422 e. The summed E-state index contributed by atoms with van der Waals surface area (Å²) in [5.41, 5.74) is -39.5. The van der Waals surface area contributed by atoms with E-state index in [1.165, 1.54) is 0 Å². The molecule has 0 spiro atoms. The Labute approximate surface area is 314 Å². The first-order chi connectivity index (χ1) is 27.5. The average Bonchev–Trinajstić information content (AvgIpc) is 3.44. The molecule has 0 radical (unpaired) electrons. The van der Waals surface area contributed by atoms with Crippen LogP contribution < -0.4 is 0 Å². The molecule has 0 bridgehead atoms. The SMILES string of the molecule is Fc1c(F)c(C(F)(F)F)c(F)c(F)c1C1=C(c2c(F)c(F)c(C(F)(F)F)c(F)c2F)C(c2c(F)c(F)c(C(F)(F)F)c(F)c2F)=C(c2c(F)c(F)c(C(F)(F)F)c(F)c2F)C1.